The molecule has 3 aliphatic heterocycles. The number of carbonyl (C=O) groups excluding carboxylic acids is 1. The van der Waals surface area contributed by atoms with E-state index in [-0.39, 0.29) is 49.0 Å². The van der Waals surface area contributed by atoms with Gasteiger partial charge in [0.25, 0.3) is 0 Å². The van der Waals surface area contributed by atoms with Crippen molar-refractivity contribution in [2.75, 3.05) is 26.3 Å². The van der Waals surface area contributed by atoms with E-state index in [1.165, 1.54) is 0 Å². The Kier molecular flexibility index (Phi) is 8.60. The molecule has 7 unspecified atom stereocenters. The Morgan fingerprint density at radius 3 is 3.07 bits per heavy atom. The van der Waals surface area contributed by atoms with Crippen molar-refractivity contribution in [2.24, 2.45) is 22.6 Å². The Bertz CT molecular complexity index is 639. The monoisotopic (exact) mass is 420 g/mol. The zero-order chi connectivity index (χ0) is 21.5. The Morgan fingerprint density at radius 1 is 1.50 bits per heavy atom. The number of aliphatic hydroxyl groups is 1. The quantitative estimate of drug-likeness (QED) is 0.364. The van der Waals surface area contributed by atoms with E-state index in [2.05, 4.69) is 33.5 Å². The number of aliphatic hydroxyl groups excluding tert-OH is 1. The summed E-state index contributed by atoms with van der Waals surface area (Å²) in [6.45, 7) is 4.23. The molecule has 0 spiro atoms. The van der Waals surface area contributed by atoms with Crippen LogP contribution in [0.25, 0.3) is 0 Å². The lowest BCUT2D eigenvalue weighted by atomic mass is 9.80. The van der Waals surface area contributed by atoms with Gasteiger partial charge in [0.1, 0.15) is 12.1 Å². The summed E-state index contributed by atoms with van der Waals surface area (Å²) in [6, 6.07) is 2.30. The van der Waals surface area contributed by atoms with E-state index in [1.54, 1.807) is 0 Å². The molecule has 3 heterocycles. The fraction of sp³-hybridized carbons (Fsp3) is 0.857. The molecule has 5 N–H and O–H groups in total. The molecule has 30 heavy (non-hydrogen) atoms. The third-order valence-corrected chi connectivity index (χ3v) is 6.51. The van der Waals surface area contributed by atoms with Crippen LogP contribution < -0.4 is 16.4 Å². The van der Waals surface area contributed by atoms with Crippen LogP contribution in [-0.4, -0.2) is 79.0 Å². The lowest BCUT2D eigenvalue weighted by Crippen LogP contribution is -2.76. The van der Waals surface area contributed by atoms with Crippen molar-refractivity contribution >= 4 is 12.1 Å². The van der Waals surface area contributed by atoms with Gasteiger partial charge in [-0.25, -0.2) is 0 Å². The highest BCUT2D eigenvalue weighted by molar-refractivity contribution is 5.82. The molecule has 0 aromatic carbocycles. The topological polar surface area (TPSA) is 136 Å². The molecule has 0 saturated carbocycles. The second-order valence-corrected chi connectivity index (χ2v) is 8.51. The molecule has 3 aliphatic rings. The van der Waals surface area contributed by atoms with Gasteiger partial charge in [-0.2, -0.15) is 5.26 Å². The smallest absolute Gasteiger partial charge is 0.229 e. The van der Waals surface area contributed by atoms with Crippen molar-refractivity contribution in [3.05, 3.63) is 0 Å². The number of nitrogens with two attached hydrogens (primary N) is 1. The predicted molar refractivity (Wildman–Crippen MR) is 113 cm³/mol. The first kappa shape index (κ1) is 23.1. The zero-order valence-corrected chi connectivity index (χ0v) is 17.9. The molecule has 0 aromatic heterocycles. The summed E-state index contributed by atoms with van der Waals surface area (Å²) in [7, 11) is 0. The maximum atomic E-state index is 13.1. The third kappa shape index (κ3) is 5.01. The van der Waals surface area contributed by atoms with Gasteiger partial charge >= 0.3 is 0 Å². The van der Waals surface area contributed by atoms with Gasteiger partial charge in [0, 0.05) is 44.4 Å². The molecule has 0 bridgehead atoms. The summed E-state index contributed by atoms with van der Waals surface area (Å²) >= 11 is 0. The minimum absolute atomic E-state index is 0.0682. The van der Waals surface area contributed by atoms with Crippen LogP contribution in [0.1, 0.15) is 45.4 Å². The Hall–Kier alpha value is -1.57. The van der Waals surface area contributed by atoms with Crippen molar-refractivity contribution in [3.63, 3.8) is 0 Å². The van der Waals surface area contributed by atoms with Gasteiger partial charge in [-0.05, 0) is 25.8 Å². The lowest BCUT2D eigenvalue weighted by molar-refractivity contribution is -0.152. The van der Waals surface area contributed by atoms with E-state index >= 15 is 0 Å². The van der Waals surface area contributed by atoms with Crippen LogP contribution in [0.3, 0.4) is 0 Å². The summed E-state index contributed by atoms with van der Waals surface area (Å²) in [5.41, 5.74) is 6.47. The average Bonchev–Trinajstić information content (AvgIpc) is 2.74. The normalized spacial score (nSPS) is 35.9. The van der Waals surface area contributed by atoms with Crippen LogP contribution in [0.2, 0.25) is 0 Å². The molecule has 2 saturated heterocycles. The number of rotatable bonds is 10. The molecule has 1 amide bonds. The Balaban J connectivity index is 1.63. The summed E-state index contributed by atoms with van der Waals surface area (Å²) in [5, 5.41) is 24.6. The molecule has 0 aromatic rings. The number of nitrogens with one attached hydrogen (secondary N) is 2. The Morgan fingerprint density at radius 2 is 2.33 bits per heavy atom. The molecule has 168 valence electrons. The first-order chi connectivity index (χ1) is 14.6. The van der Waals surface area contributed by atoms with Gasteiger partial charge in [0.05, 0.1) is 24.4 Å². The second kappa shape index (κ2) is 11.2. The number of piperidine rings is 1. The van der Waals surface area contributed by atoms with E-state index in [9.17, 15) is 4.79 Å². The van der Waals surface area contributed by atoms with Gasteiger partial charge in [-0.1, -0.05) is 19.8 Å². The minimum Gasteiger partial charge on any atom is -0.396 e. The van der Waals surface area contributed by atoms with E-state index < -0.39 is 5.92 Å². The lowest BCUT2D eigenvalue weighted by Gasteiger charge is -2.57. The number of fused-ring (bicyclic) bond motifs is 1. The highest BCUT2D eigenvalue weighted by atomic mass is 16.5. The van der Waals surface area contributed by atoms with Gasteiger partial charge in [-0.15, -0.1) is 0 Å². The van der Waals surface area contributed by atoms with Crippen LogP contribution in [0.15, 0.2) is 4.99 Å². The van der Waals surface area contributed by atoms with E-state index in [4.69, 9.17) is 20.8 Å². The predicted octanol–water partition coefficient (Wildman–Crippen LogP) is -0.0521. The molecule has 9 nitrogen and oxygen atoms in total. The summed E-state index contributed by atoms with van der Waals surface area (Å²) in [4.78, 5) is 19.8. The second-order valence-electron chi connectivity index (χ2n) is 8.51. The number of carbonyl (C=O) groups is 1. The van der Waals surface area contributed by atoms with Crippen LogP contribution in [0, 0.1) is 23.2 Å². The van der Waals surface area contributed by atoms with Crippen LogP contribution >= 0.6 is 0 Å². The highest BCUT2D eigenvalue weighted by Crippen LogP contribution is 2.40. The first-order valence-electron chi connectivity index (χ1n) is 11.3. The number of aliphatic imine (C=N–C) groups is 1. The molecule has 0 aliphatic carbocycles. The molecule has 9 heteroatoms. The number of hydrogen-bond donors (Lipinski definition) is 4. The maximum absolute atomic E-state index is 13.1. The fourth-order valence-electron chi connectivity index (χ4n) is 4.85. The van der Waals surface area contributed by atoms with E-state index in [0.717, 1.165) is 32.2 Å². The molecule has 3 rings (SSSR count). The molecular weight excluding hydrogens is 384 g/mol. The summed E-state index contributed by atoms with van der Waals surface area (Å²) < 4.78 is 5.89. The fourth-order valence-corrected chi connectivity index (χ4v) is 4.85. The number of ether oxygens (including phenoxy) is 1. The third-order valence-electron chi connectivity index (χ3n) is 6.51. The molecule has 7 atom stereocenters. The Labute approximate surface area is 179 Å². The van der Waals surface area contributed by atoms with Crippen LogP contribution in [0.4, 0.5) is 0 Å². The van der Waals surface area contributed by atoms with Crippen LogP contribution in [-0.2, 0) is 9.53 Å². The van der Waals surface area contributed by atoms with Crippen molar-refractivity contribution in [3.8, 4) is 6.07 Å². The number of hydrogen-bond acceptors (Lipinski definition) is 8. The highest BCUT2D eigenvalue weighted by Gasteiger charge is 2.56. The molecular formula is C21H36N6O3. The van der Waals surface area contributed by atoms with Gasteiger partial charge < -0.3 is 26.2 Å². The number of nitriles is 1. The van der Waals surface area contributed by atoms with Gasteiger partial charge in [-0.3, -0.25) is 14.7 Å². The average molecular weight is 421 g/mol. The zero-order valence-electron chi connectivity index (χ0n) is 17.9. The van der Waals surface area contributed by atoms with E-state index in [1.807, 2.05) is 6.21 Å². The van der Waals surface area contributed by atoms with Crippen molar-refractivity contribution in [2.45, 2.75) is 76.0 Å². The van der Waals surface area contributed by atoms with Crippen molar-refractivity contribution in [1.29, 1.82) is 5.26 Å². The molecule has 2 fully saturated rings. The molecule has 0 radical (unpaired) electrons. The summed E-state index contributed by atoms with van der Waals surface area (Å²) in [5.74, 6) is -0.411. The van der Waals surface area contributed by atoms with Crippen molar-refractivity contribution < 1.29 is 14.6 Å². The van der Waals surface area contributed by atoms with E-state index in [0.29, 0.717) is 26.0 Å². The van der Waals surface area contributed by atoms with Crippen molar-refractivity contribution in [1.82, 2.24) is 15.5 Å². The standard InChI is InChI=1S/C21H36N6O3/c1-2-3-5-16-14(6-8-22)12-25-20-18(19(23)27(16)20)21(29)26-15-13-24-9-7-17(15)30-11-4-10-28/h12,14-20,24,28H,2-7,9-11,13,23H2,1H3,(H,26,29). The van der Waals surface area contributed by atoms with Crippen LogP contribution in [0.5, 0.6) is 0 Å². The maximum Gasteiger partial charge on any atom is 0.229 e. The number of unbranched alkanes of at least 4 members (excludes halogenated alkanes) is 1. The summed E-state index contributed by atoms with van der Waals surface area (Å²) in [6.07, 6.45) is 6.10. The SMILES string of the molecule is CCCCC1C(CC#N)C=NC2C(C(=O)NC3CNCCC3OCCCO)C(N)N12. The number of amides is 1. The minimum atomic E-state index is -0.395. The largest absolute Gasteiger partial charge is 0.396 e. The number of nitrogens with zero attached hydrogens (tertiary/aromatic N) is 3. The van der Waals surface area contributed by atoms with Gasteiger partial charge in [0.15, 0.2) is 0 Å². The van der Waals surface area contributed by atoms with Gasteiger partial charge in [0.2, 0.25) is 5.91 Å². The first-order valence-corrected chi connectivity index (χ1v) is 11.3.